The molecule has 0 saturated heterocycles. The molecule has 0 heterocycles. The number of hydrogen-bond donors (Lipinski definition) is 2. The van der Waals surface area contributed by atoms with Crippen LogP contribution in [0.25, 0.3) is 0 Å². The minimum absolute atomic E-state index is 0.0514. The average molecular weight is 459 g/mol. The third kappa shape index (κ3) is 6.48. The summed E-state index contributed by atoms with van der Waals surface area (Å²) in [6.07, 6.45) is 0.560. The second-order valence-electron chi connectivity index (χ2n) is 6.78. The molecule has 0 unspecified atom stereocenters. The molecule has 3 rings (SSSR count). The first-order valence-corrected chi connectivity index (χ1v) is 12.6. The normalized spacial score (nSPS) is 11.7. The molecule has 9 heteroatoms. The summed E-state index contributed by atoms with van der Waals surface area (Å²) in [6, 6.07) is 22.7. The van der Waals surface area contributed by atoms with Crippen LogP contribution in [0.2, 0.25) is 0 Å². The van der Waals surface area contributed by atoms with Gasteiger partial charge >= 0.3 is 0 Å². The Morgan fingerprint density at radius 1 is 0.710 bits per heavy atom. The molecule has 3 aromatic carbocycles. The van der Waals surface area contributed by atoms with Crippen LogP contribution in [-0.4, -0.2) is 35.0 Å². The standard InChI is InChI=1S/C22H22N2O5S2/c25-22(17-30(26,27)20-9-5-2-6-10-20)24-19-11-13-21(14-12-19)31(28,29)23-16-15-18-7-3-1-4-8-18/h1-14,23H,15-17H2,(H,24,25). The first kappa shape index (κ1) is 22.7. The lowest BCUT2D eigenvalue weighted by Crippen LogP contribution is -2.26. The largest absolute Gasteiger partial charge is 0.325 e. The van der Waals surface area contributed by atoms with Gasteiger partial charge in [-0.15, -0.1) is 0 Å². The van der Waals surface area contributed by atoms with Crippen molar-refractivity contribution in [1.29, 1.82) is 0 Å². The second kappa shape index (κ2) is 9.86. The van der Waals surface area contributed by atoms with Crippen molar-refractivity contribution in [2.45, 2.75) is 16.2 Å². The number of anilines is 1. The highest BCUT2D eigenvalue weighted by atomic mass is 32.2. The Bertz CT molecular complexity index is 1230. The Labute approximate surface area is 182 Å². The monoisotopic (exact) mass is 458 g/mol. The first-order valence-electron chi connectivity index (χ1n) is 9.48. The van der Waals surface area contributed by atoms with Gasteiger partial charge in [-0.05, 0) is 48.4 Å². The SMILES string of the molecule is O=C(CS(=O)(=O)c1ccccc1)Nc1ccc(S(=O)(=O)NCCc2ccccc2)cc1. The Balaban J connectivity index is 1.57. The molecule has 3 aromatic rings. The van der Waals surface area contributed by atoms with E-state index in [1.165, 1.54) is 36.4 Å². The zero-order chi connectivity index (χ0) is 22.3. The minimum Gasteiger partial charge on any atom is -0.325 e. The first-order chi connectivity index (χ1) is 14.8. The summed E-state index contributed by atoms with van der Waals surface area (Å²) >= 11 is 0. The van der Waals surface area contributed by atoms with Gasteiger partial charge in [0, 0.05) is 12.2 Å². The number of rotatable bonds is 9. The van der Waals surface area contributed by atoms with Gasteiger partial charge in [0.25, 0.3) is 0 Å². The Morgan fingerprint density at radius 2 is 1.29 bits per heavy atom. The summed E-state index contributed by atoms with van der Waals surface area (Å²) in [4.78, 5) is 12.3. The van der Waals surface area contributed by atoms with E-state index in [9.17, 15) is 21.6 Å². The molecule has 0 aliphatic carbocycles. The van der Waals surface area contributed by atoms with Crippen LogP contribution >= 0.6 is 0 Å². The molecule has 1 amide bonds. The number of nitrogens with one attached hydrogen (secondary N) is 2. The van der Waals surface area contributed by atoms with E-state index in [0.29, 0.717) is 12.1 Å². The van der Waals surface area contributed by atoms with Gasteiger partial charge in [-0.1, -0.05) is 48.5 Å². The number of sulfone groups is 1. The van der Waals surface area contributed by atoms with Crippen LogP contribution in [0.4, 0.5) is 5.69 Å². The summed E-state index contributed by atoms with van der Waals surface area (Å²) in [5.74, 6) is -1.42. The van der Waals surface area contributed by atoms with E-state index in [0.717, 1.165) is 5.56 Å². The van der Waals surface area contributed by atoms with E-state index >= 15 is 0 Å². The second-order valence-corrected chi connectivity index (χ2v) is 10.5. The Hall–Kier alpha value is -3.01. The van der Waals surface area contributed by atoms with Crippen LogP contribution in [0.3, 0.4) is 0 Å². The van der Waals surface area contributed by atoms with E-state index in [1.807, 2.05) is 30.3 Å². The van der Waals surface area contributed by atoms with Crippen LogP contribution in [0.5, 0.6) is 0 Å². The van der Waals surface area contributed by atoms with Gasteiger partial charge < -0.3 is 5.32 Å². The van der Waals surface area contributed by atoms with Gasteiger partial charge in [-0.3, -0.25) is 4.79 Å². The number of amides is 1. The molecule has 0 saturated carbocycles. The molecule has 0 aromatic heterocycles. The van der Waals surface area contributed by atoms with Gasteiger partial charge in [0.2, 0.25) is 15.9 Å². The maximum atomic E-state index is 12.4. The Morgan fingerprint density at radius 3 is 1.90 bits per heavy atom. The molecule has 0 radical (unpaired) electrons. The maximum Gasteiger partial charge on any atom is 0.240 e. The topological polar surface area (TPSA) is 109 Å². The van der Waals surface area contributed by atoms with Crippen LogP contribution in [0.15, 0.2) is 94.7 Å². The zero-order valence-corrected chi connectivity index (χ0v) is 18.2. The zero-order valence-electron chi connectivity index (χ0n) is 16.6. The molecule has 0 spiro atoms. The molecule has 0 bridgehead atoms. The van der Waals surface area contributed by atoms with Crippen molar-refractivity contribution < 1.29 is 21.6 Å². The fourth-order valence-corrected chi connectivity index (χ4v) is 5.04. The summed E-state index contributed by atoms with van der Waals surface area (Å²) < 4.78 is 51.9. The fourth-order valence-electron chi connectivity index (χ4n) is 2.86. The van der Waals surface area contributed by atoms with Crippen LogP contribution in [0, 0.1) is 0 Å². The molecule has 0 aliphatic rings. The summed E-state index contributed by atoms with van der Waals surface area (Å²) in [5.41, 5.74) is 1.32. The minimum atomic E-state index is -3.76. The van der Waals surface area contributed by atoms with E-state index in [-0.39, 0.29) is 16.3 Å². The lowest BCUT2D eigenvalue weighted by atomic mass is 10.2. The third-order valence-corrected chi connectivity index (χ3v) is 7.53. The predicted molar refractivity (Wildman–Crippen MR) is 119 cm³/mol. The van der Waals surface area contributed by atoms with Crippen molar-refractivity contribution in [1.82, 2.24) is 4.72 Å². The van der Waals surface area contributed by atoms with E-state index in [4.69, 9.17) is 0 Å². The smallest absolute Gasteiger partial charge is 0.240 e. The molecule has 0 fully saturated rings. The van der Waals surface area contributed by atoms with Crippen LogP contribution in [-0.2, 0) is 31.1 Å². The Kier molecular flexibility index (Phi) is 7.21. The van der Waals surface area contributed by atoms with Crippen molar-refractivity contribution in [3.05, 3.63) is 90.5 Å². The van der Waals surface area contributed by atoms with E-state index in [2.05, 4.69) is 10.0 Å². The van der Waals surface area contributed by atoms with Crippen molar-refractivity contribution in [3.8, 4) is 0 Å². The molecule has 31 heavy (non-hydrogen) atoms. The molecule has 0 aliphatic heterocycles. The number of carbonyl (C=O) groups is 1. The molecular weight excluding hydrogens is 436 g/mol. The fraction of sp³-hybridized carbons (Fsp3) is 0.136. The van der Waals surface area contributed by atoms with Crippen molar-refractivity contribution in [2.75, 3.05) is 17.6 Å². The van der Waals surface area contributed by atoms with Crippen molar-refractivity contribution in [3.63, 3.8) is 0 Å². The molecular formula is C22H22N2O5S2. The quantitative estimate of drug-likeness (QED) is 0.512. The summed E-state index contributed by atoms with van der Waals surface area (Å²) in [7, 11) is -7.46. The maximum absolute atomic E-state index is 12.4. The molecule has 162 valence electrons. The molecule has 2 N–H and O–H groups in total. The highest BCUT2D eigenvalue weighted by molar-refractivity contribution is 7.92. The van der Waals surface area contributed by atoms with Crippen LogP contribution < -0.4 is 10.0 Å². The highest BCUT2D eigenvalue weighted by Crippen LogP contribution is 2.15. The lowest BCUT2D eigenvalue weighted by Gasteiger charge is -2.09. The van der Waals surface area contributed by atoms with Gasteiger partial charge in [0.15, 0.2) is 9.84 Å². The van der Waals surface area contributed by atoms with Gasteiger partial charge in [0.1, 0.15) is 5.75 Å². The van der Waals surface area contributed by atoms with Crippen molar-refractivity contribution in [2.24, 2.45) is 0 Å². The molecule has 0 atom stereocenters. The van der Waals surface area contributed by atoms with Gasteiger partial charge in [-0.2, -0.15) is 0 Å². The predicted octanol–water partition coefficient (Wildman–Crippen LogP) is 2.62. The summed E-state index contributed by atoms with van der Waals surface area (Å²) in [6.45, 7) is 0.252. The number of hydrogen-bond acceptors (Lipinski definition) is 5. The van der Waals surface area contributed by atoms with Gasteiger partial charge in [-0.25, -0.2) is 21.6 Å². The highest BCUT2D eigenvalue weighted by Gasteiger charge is 2.19. The van der Waals surface area contributed by atoms with Crippen molar-refractivity contribution >= 4 is 31.5 Å². The average Bonchev–Trinajstić information content (AvgIpc) is 2.75. The number of sulfonamides is 1. The number of carbonyl (C=O) groups excluding carboxylic acids is 1. The summed E-state index contributed by atoms with van der Waals surface area (Å²) in [5, 5.41) is 2.48. The lowest BCUT2D eigenvalue weighted by molar-refractivity contribution is -0.113. The van der Waals surface area contributed by atoms with E-state index in [1.54, 1.807) is 18.2 Å². The van der Waals surface area contributed by atoms with E-state index < -0.39 is 31.5 Å². The molecule has 7 nitrogen and oxygen atoms in total. The van der Waals surface area contributed by atoms with Crippen LogP contribution in [0.1, 0.15) is 5.56 Å². The number of benzene rings is 3. The van der Waals surface area contributed by atoms with Gasteiger partial charge in [0.05, 0.1) is 9.79 Å². The third-order valence-electron chi connectivity index (χ3n) is 4.42.